The highest BCUT2D eigenvalue weighted by molar-refractivity contribution is 6.14. The lowest BCUT2D eigenvalue weighted by Gasteiger charge is -2.28. The minimum atomic E-state index is -0.144. The Balaban J connectivity index is 1.54. The van der Waals surface area contributed by atoms with E-state index in [0.29, 0.717) is 11.6 Å². The number of fused-ring (bicyclic) bond motifs is 1. The van der Waals surface area contributed by atoms with Crippen LogP contribution in [-0.4, -0.2) is 52.8 Å². The number of aryl methyl sites for hydroxylation is 1. The number of carbonyl (C=O) groups is 1. The van der Waals surface area contributed by atoms with Gasteiger partial charge in [-0.15, -0.1) is 0 Å². The third-order valence-corrected chi connectivity index (χ3v) is 5.34. The van der Waals surface area contributed by atoms with Gasteiger partial charge in [-0.1, -0.05) is 0 Å². The molecule has 2 aromatic heterocycles. The van der Waals surface area contributed by atoms with Crippen LogP contribution in [0.5, 0.6) is 5.75 Å². The third kappa shape index (κ3) is 3.42. The number of nitrogens with one attached hydrogen (secondary N) is 2. The first kappa shape index (κ1) is 17.6. The van der Waals surface area contributed by atoms with Crippen molar-refractivity contribution >= 4 is 22.5 Å². The largest absolute Gasteiger partial charge is 0.497 e. The summed E-state index contributed by atoms with van der Waals surface area (Å²) >= 11 is 0. The molecule has 2 N–H and O–H groups in total. The van der Waals surface area contributed by atoms with E-state index in [1.807, 2.05) is 36.0 Å². The van der Waals surface area contributed by atoms with E-state index in [9.17, 15) is 4.79 Å². The second-order valence-corrected chi connectivity index (χ2v) is 7.23. The van der Waals surface area contributed by atoms with Gasteiger partial charge in [-0.3, -0.25) is 9.48 Å². The zero-order chi connectivity index (χ0) is 19.0. The molecule has 3 aromatic rings. The van der Waals surface area contributed by atoms with Crippen LogP contribution in [0.3, 0.4) is 0 Å². The van der Waals surface area contributed by atoms with Gasteiger partial charge in [0.15, 0.2) is 0 Å². The molecule has 27 heavy (non-hydrogen) atoms. The number of carbonyl (C=O) groups excluding carboxylic acids is 1. The average Bonchev–Trinajstić information content (AvgIpc) is 3.25. The maximum atomic E-state index is 12.9. The molecule has 1 saturated heterocycles. The van der Waals surface area contributed by atoms with Crippen molar-refractivity contribution in [3.8, 4) is 5.75 Å². The quantitative estimate of drug-likeness (QED) is 0.743. The Morgan fingerprint density at radius 2 is 2.11 bits per heavy atom. The van der Waals surface area contributed by atoms with Crippen LogP contribution in [0.25, 0.3) is 10.9 Å². The molecule has 1 aliphatic heterocycles. The van der Waals surface area contributed by atoms with Crippen LogP contribution in [0.1, 0.15) is 34.9 Å². The number of amides is 1. The topological polar surface area (TPSA) is 75.2 Å². The Hall–Kier alpha value is -2.80. The Morgan fingerprint density at radius 3 is 2.85 bits per heavy atom. The molecule has 3 heterocycles. The van der Waals surface area contributed by atoms with Crippen molar-refractivity contribution in [1.82, 2.24) is 19.7 Å². The predicted molar refractivity (Wildman–Crippen MR) is 106 cm³/mol. The standard InChI is InChI=1S/C20H25N5O2/c1-13-19(17-10-16(27-3)4-5-18(17)22-13)20(26)23-14-11-21-25(12-14)15-6-8-24(2)9-7-15/h4-5,10-12,15,22H,6-9H2,1-3H3,(H,23,26). The van der Waals surface area contributed by atoms with E-state index in [4.69, 9.17) is 4.74 Å². The Bertz CT molecular complexity index is 966. The van der Waals surface area contributed by atoms with Gasteiger partial charge in [0.1, 0.15) is 5.75 Å². The Labute approximate surface area is 158 Å². The predicted octanol–water partition coefficient (Wildman–Crippen LogP) is 3.20. The number of aromatic amines is 1. The van der Waals surface area contributed by atoms with Gasteiger partial charge in [-0.2, -0.15) is 5.10 Å². The van der Waals surface area contributed by atoms with Gasteiger partial charge in [0.2, 0.25) is 0 Å². The zero-order valence-corrected chi connectivity index (χ0v) is 16.0. The Morgan fingerprint density at radius 1 is 1.33 bits per heavy atom. The SMILES string of the molecule is COc1ccc2[nH]c(C)c(C(=O)Nc3cnn(C4CCN(C)CC4)c3)c2c1. The number of H-pyrrole nitrogens is 1. The van der Waals surface area contributed by atoms with E-state index in [0.717, 1.165) is 54.0 Å². The number of likely N-dealkylation sites (tertiary alicyclic amines) is 1. The molecular weight excluding hydrogens is 342 g/mol. The van der Waals surface area contributed by atoms with E-state index in [-0.39, 0.29) is 5.91 Å². The second-order valence-electron chi connectivity index (χ2n) is 7.23. The van der Waals surface area contributed by atoms with Gasteiger partial charge in [-0.05, 0) is 58.1 Å². The molecule has 0 aliphatic carbocycles. The molecule has 7 heteroatoms. The van der Waals surface area contributed by atoms with Crippen molar-refractivity contribution in [2.24, 2.45) is 0 Å². The third-order valence-electron chi connectivity index (χ3n) is 5.34. The molecule has 1 aliphatic rings. The minimum Gasteiger partial charge on any atom is -0.497 e. The number of methoxy groups -OCH3 is 1. The minimum absolute atomic E-state index is 0.144. The fourth-order valence-corrected chi connectivity index (χ4v) is 3.78. The molecular formula is C20H25N5O2. The van der Waals surface area contributed by atoms with Crippen molar-refractivity contribution in [1.29, 1.82) is 0 Å². The molecule has 1 amide bonds. The molecule has 1 aromatic carbocycles. The fourth-order valence-electron chi connectivity index (χ4n) is 3.78. The van der Waals surface area contributed by atoms with Gasteiger partial charge in [0, 0.05) is 22.8 Å². The number of benzene rings is 1. The first-order chi connectivity index (χ1) is 13.0. The van der Waals surface area contributed by atoms with Crippen LogP contribution in [0.2, 0.25) is 0 Å². The van der Waals surface area contributed by atoms with Gasteiger partial charge in [-0.25, -0.2) is 0 Å². The monoisotopic (exact) mass is 367 g/mol. The number of hydrogen-bond acceptors (Lipinski definition) is 4. The number of piperidine rings is 1. The highest BCUT2D eigenvalue weighted by Crippen LogP contribution is 2.27. The molecule has 0 radical (unpaired) electrons. The molecule has 0 atom stereocenters. The van der Waals surface area contributed by atoms with Gasteiger partial charge in [0.25, 0.3) is 5.91 Å². The van der Waals surface area contributed by atoms with E-state index >= 15 is 0 Å². The smallest absolute Gasteiger partial charge is 0.258 e. The second kappa shape index (κ2) is 7.08. The van der Waals surface area contributed by atoms with E-state index in [1.54, 1.807) is 13.3 Å². The number of anilines is 1. The first-order valence-electron chi connectivity index (χ1n) is 9.25. The Kier molecular flexibility index (Phi) is 4.61. The number of hydrogen-bond donors (Lipinski definition) is 2. The summed E-state index contributed by atoms with van der Waals surface area (Å²) in [5.41, 5.74) is 3.10. The molecule has 142 valence electrons. The van der Waals surface area contributed by atoms with Gasteiger partial charge >= 0.3 is 0 Å². The molecule has 0 spiro atoms. The molecule has 0 bridgehead atoms. The van der Waals surface area contributed by atoms with Crippen LogP contribution < -0.4 is 10.1 Å². The van der Waals surface area contributed by atoms with Crippen molar-refractivity contribution < 1.29 is 9.53 Å². The van der Waals surface area contributed by atoms with Crippen LogP contribution in [0, 0.1) is 6.92 Å². The lowest BCUT2D eigenvalue weighted by Crippen LogP contribution is -2.31. The summed E-state index contributed by atoms with van der Waals surface area (Å²) in [4.78, 5) is 18.5. The van der Waals surface area contributed by atoms with Crippen molar-refractivity contribution in [2.45, 2.75) is 25.8 Å². The van der Waals surface area contributed by atoms with Gasteiger partial charge in [0.05, 0.1) is 30.6 Å². The summed E-state index contributed by atoms with van der Waals surface area (Å²) in [6.45, 7) is 4.05. The molecule has 0 unspecified atom stereocenters. The van der Waals surface area contributed by atoms with E-state index in [1.165, 1.54) is 0 Å². The number of ether oxygens (including phenoxy) is 1. The van der Waals surface area contributed by atoms with Crippen molar-refractivity contribution in [3.63, 3.8) is 0 Å². The van der Waals surface area contributed by atoms with Crippen molar-refractivity contribution in [3.05, 3.63) is 41.9 Å². The van der Waals surface area contributed by atoms with Crippen LogP contribution >= 0.6 is 0 Å². The average molecular weight is 367 g/mol. The highest BCUT2D eigenvalue weighted by atomic mass is 16.5. The maximum absolute atomic E-state index is 12.9. The zero-order valence-electron chi connectivity index (χ0n) is 16.0. The van der Waals surface area contributed by atoms with Crippen LogP contribution in [0.15, 0.2) is 30.6 Å². The normalized spacial score (nSPS) is 16.0. The molecule has 1 fully saturated rings. The molecule has 4 rings (SSSR count). The summed E-state index contributed by atoms with van der Waals surface area (Å²) in [5, 5.41) is 8.31. The van der Waals surface area contributed by atoms with Crippen LogP contribution in [-0.2, 0) is 0 Å². The molecule has 0 saturated carbocycles. The lowest BCUT2D eigenvalue weighted by atomic mass is 10.1. The van der Waals surface area contributed by atoms with Crippen LogP contribution in [0.4, 0.5) is 5.69 Å². The summed E-state index contributed by atoms with van der Waals surface area (Å²) in [6.07, 6.45) is 5.81. The van der Waals surface area contributed by atoms with E-state index < -0.39 is 0 Å². The lowest BCUT2D eigenvalue weighted by molar-refractivity contribution is 0.102. The summed E-state index contributed by atoms with van der Waals surface area (Å²) < 4.78 is 7.28. The maximum Gasteiger partial charge on any atom is 0.258 e. The summed E-state index contributed by atoms with van der Waals surface area (Å²) in [7, 11) is 3.77. The fraction of sp³-hybridized carbons (Fsp3) is 0.400. The molecule has 7 nitrogen and oxygen atoms in total. The highest BCUT2D eigenvalue weighted by Gasteiger charge is 2.21. The van der Waals surface area contributed by atoms with Crippen molar-refractivity contribution in [2.75, 3.05) is 32.6 Å². The van der Waals surface area contributed by atoms with Gasteiger partial charge < -0.3 is 19.9 Å². The first-order valence-corrected chi connectivity index (χ1v) is 9.25. The number of aromatic nitrogens is 3. The summed E-state index contributed by atoms with van der Waals surface area (Å²) in [5.74, 6) is 0.584. The summed E-state index contributed by atoms with van der Waals surface area (Å²) in [6, 6.07) is 6.09. The number of rotatable bonds is 4. The number of nitrogens with zero attached hydrogens (tertiary/aromatic N) is 3. The van der Waals surface area contributed by atoms with E-state index in [2.05, 4.69) is 27.3 Å².